The third-order valence-electron chi connectivity index (χ3n) is 2.43. The van der Waals surface area contributed by atoms with Crippen molar-refractivity contribution in [3.05, 3.63) is 45.8 Å². The molecule has 0 amide bonds. The fourth-order valence-electron chi connectivity index (χ4n) is 1.51. The van der Waals surface area contributed by atoms with Crippen molar-refractivity contribution in [2.24, 2.45) is 0 Å². The van der Waals surface area contributed by atoms with E-state index in [1.807, 2.05) is 0 Å². The van der Waals surface area contributed by atoms with Gasteiger partial charge in [-0.05, 0) is 18.2 Å². The zero-order valence-corrected chi connectivity index (χ0v) is 11.3. The summed E-state index contributed by atoms with van der Waals surface area (Å²) in [5, 5.41) is 11.8. The molecule has 0 aliphatic rings. The highest BCUT2D eigenvalue weighted by Gasteiger charge is 2.13. The van der Waals surface area contributed by atoms with E-state index in [0.29, 0.717) is 0 Å². The van der Waals surface area contributed by atoms with Gasteiger partial charge < -0.3 is 16.2 Å². The Hall–Kier alpha value is -2.05. The maximum atomic E-state index is 13.1. The fourth-order valence-corrected chi connectivity index (χ4v) is 2.06. The summed E-state index contributed by atoms with van der Waals surface area (Å²) in [6.45, 7) is 0. The second-order valence-corrected chi connectivity index (χ2v) is 4.65. The normalized spacial score (nSPS) is 10.3. The number of hydrogen-bond donors (Lipinski definition) is 3. The number of rotatable bonds is 3. The number of nitrogens with two attached hydrogens (primary N) is 1. The van der Waals surface area contributed by atoms with Crippen molar-refractivity contribution in [3.8, 4) is 0 Å². The van der Waals surface area contributed by atoms with Gasteiger partial charge in [0.2, 0.25) is 0 Å². The monoisotopic (exact) mass is 315 g/mol. The number of aromatic nitrogens is 1. The van der Waals surface area contributed by atoms with Crippen LogP contribution in [-0.2, 0) is 0 Å². The molecule has 0 bridgehead atoms. The van der Waals surface area contributed by atoms with Crippen molar-refractivity contribution >= 4 is 46.4 Å². The van der Waals surface area contributed by atoms with Crippen LogP contribution in [0.5, 0.6) is 0 Å². The zero-order valence-electron chi connectivity index (χ0n) is 9.82. The zero-order chi connectivity index (χ0) is 14.9. The Kier molecular flexibility index (Phi) is 3.96. The molecule has 0 radical (unpaired) electrons. The van der Waals surface area contributed by atoms with E-state index in [0.717, 1.165) is 12.1 Å². The highest BCUT2D eigenvalue weighted by atomic mass is 35.5. The first-order valence-corrected chi connectivity index (χ1v) is 6.04. The minimum absolute atomic E-state index is 0.0272. The SMILES string of the molecule is Nc1cnc(Nc2c(Cl)cc(F)cc2Cl)cc1C(=O)O. The topological polar surface area (TPSA) is 88.2 Å². The number of anilines is 3. The van der Waals surface area contributed by atoms with Gasteiger partial charge in [-0.25, -0.2) is 14.2 Å². The Morgan fingerprint density at radius 3 is 2.45 bits per heavy atom. The summed E-state index contributed by atoms with van der Waals surface area (Å²) >= 11 is 11.7. The van der Waals surface area contributed by atoms with Crippen LogP contribution in [0.1, 0.15) is 10.4 Å². The van der Waals surface area contributed by atoms with E-state index in [2.05, 4.69) is 10.3 Å². The van der Waals surface area contributed by atoms with Crippen LogP contribution >= 0.6 is 23.2 Å². The van der Waals surface area contributed by atoms with Crippen LogP contribution in [0.2, 0.25) is 10.0 Å². The van der Waals surface area contributed by atoms with Gasteiger partial charge >= 0.3 is 5.97 Å². The van der Waals surface area contributed by atoms with Gasteiger partial charge in [-0.1, -0.05) is 23.2 Å². The van der Waals surface area contributed by atoms with Crippen molar-refractivity contribution in [2.45, 2.75) is 0 Å². The molecule has 0 saturated heterocycles. The molecule has 0 fully saturated rings. The molecule has 20 heavy (non-hydrogen) atoms. The van der Waals surface area contributed by atoms with Crippen molar-refractivity contribution in [1.29, 1.82) is 0 Å². The number of pyridine rings is 1. The first-order valence-electron chi connectivity index (χ1n) is 5.29. The van der Waals surface area contributed by atoms with E-state index in [9.17, 15) is 9.18 Å². The molecule has 0 saturated carbocycles. The molecular weight excluding hydrogens is 308 g/mol. The van der Waals surface area contributed by atoms with Crippen LogP contribution in [-0.4, -0.2) is 16.1 Å². The first kappa shape index (κ1) is 14.4. The number of nitrogens with one attached hydrogen (secondary N) is 1. The summed E-state index contributed by atoms with van der Waals surface area (Å²) in [7, 11) is 0. The summed E-state index contributed by atoms with van der Waals surface area (Å²) in [5.74, 6) is -1.60. The number of nitrogens with zero attached hydrogens (tertiary/aromatic N) is 1. The molecule has 0 atom stereocenters. The number of hydrogen-bond acceptors (Lipinski definition) is 4. The van der Waals surface area contributed by atoms with E-state index in [1.54, 1.807) is 0 Å². The molecule has 4 N–H and O–H groups in total. The fraction of sp³-hybridized carbons (Fsp3) is 0. The van der Waals surface area contributed by atoms with Crippen molar-refractivity contribution in [1.82, 2.24) is 4.98 Å². The molecule has 0 unspecified atom stereocenters. The molecule has 1 aromatic heterocycles. The maximum absolute atomic E-state index is 13.1. The summed E-state index contributed by atoms with van der Waals surface area (Å²) in [6, 6.07) is 3.38. The third kappa shape index (κ3) is 2.92. The summed E-state index contributed by atoms with van der Waals surface area (Å²) in [6.07, 6.45) is 1.19. The minimum Gasteiger partial charge on any atom is -0.478 e. The molecule has 104 valence electrons. The first-order chi connectivity index (χ1) is 9.38. The van der Waals surface area contributed by atoms with Gasteiger partial charge in [0.25, 0.3) is 0 Å². The van der Waals surface area contributed by atoms with Crippen molar-refractivity contribution < 1.29 is 14.3 Å². The molecular formula is C12H8Cl2FN3O2. The molecule has 8 heteroatoms. The molecule has 0 aliphatic heterocycles. The number of aromatic carboxylic acids is 1. The Morgan fingerprint density at radius 1 is 1.30 bits per heavy atom. The number of carboxylic acids is 1. The lowest BCUT2D eigenvalue weighted by Crippen LogP contribution is -2.05. The number of halogens is 3. The second-order valence-electron chi connectivity index (χ2n) is 3.83. The van der Waals surface area contributed by atoms with Gasteiger partial charge in [0.15, 0.2) is 0 Å². The summed E-state index contributed by atoms with van der Waals surface area (Å²) in [4.78, 5) is 14.9. The largest absolute Gasteiger partial charge is 0.478 e. The van der Waals surface area contributed by atoms with Crippen LogP contribution in [0.3, 0.4) is 0 Å². The summed E-state index contributed by atoms with van der Waals surface area (Å²) < 4.78 is 13.1. The van der Waals surface area contributed by atoms with Crippen molar-refractivity contribution in [2.75, 3.05) is 11.1 Å². The van der Waals surface area contributed by atoms with Crippen molar-refractivity contribution in [3.63, 3.8) is 0 Å². The molecule has 0 aliphatic carbocycles. The number of benzene rings is 1. The van der Waals surface area contributed by atoms with Gasteiger partial charge in [0.05, 0.1) is 33.2 Å². The summed E-state index contributed by atoms with van der Waals surface area (Å²) in [5.41, 5.74) is 5.63. The van der Waals surface area contributed by atoms with Crippen LogP contribution in [0.25, 0.3) is 0 Å². The third-order valence-corrected chi connectivity index (χ3v) is 3.02. The van der Waals surface area contributed by atoms with Crippen LogP contribution < -0.4 is 11.1 Å². The smallest absolute Gasteiger partial charge is 0.337 e. The number of carboxylic acid groups (broad SMARTS) is 1. The van der Waals surface area contributed by atoms with E-state index in [-0.39, 0.29) is 32.8 Å². The van der Waals surface area contributed by atoms with E-state index in [1.165, 1.54) is 12.3 Å². The lowest BCUT2D eigenvalue weighted by Gasteiger charge is -2.11. The molecule has 1 aromatic carbocycles. The van der Waals surface area contributed by atoms with E-state index >= 15 is 0 Å². The average molecular weight is 316 g/mol. The number of carbonyl (C=O) groups is 1. The highest BCUT2D eigenvalue weighted by Crippen LogP contribution is 2.33. The lowest BCUT2D eigenvalue weighted by atomic mass is 10.2. The Bertz CT molecular complexity index is 671. The van der Waals surface area contributed by atoms with Gasteiger partial charge in [-0.2, -0.15) is 0 Å². The van der Waals surface area contributed by atoms with Crippen LogP contribution in [0.15, 0.2) is 24.4 Å². The quantitative estimate of drug-likeness (QED) is 0.806. The lowest BCUT2D eigenvalue weighted by molar-refractivity contribution is 0.0698. The van der Waals surface area contributed by atoms with E-state index in [4.69, 9.17) is 34.0 Å². The molecule has 1 heterocycles. The van der Waals surface area contributed by atoms with Crippen LogP contribution in [0.4, 0.5) is 21.6 Å². The highest BCUT2D eigenvalue weighted by molar-refractivity contribution is 6.39. The average Bonchev–Trinajstić information content (AvgIpc) is 2.35. The molecule has 0 spiro atoms. The Morgan fingerprint density at radius 2 is 1.90 bits per heavy atom. The van der Waals surface area contributed by atoms with E-state index < -0.39 is 11.8 Å². The van der Waals surface area contributed by atoms with Gasteiger partial charge in [-0.3, -0.25) is 0 Å². The Balaban J connectivity index is 2.41. The molecule has 2 rings (SSSR count). The van der Waals surface area contributed by atoms with Gasteiger partial charge in [0.1, 0.15) is 11.6 Å². The second kappa shape index (κ2) is 5.52. The number of nitrogen functional groups attached to an aromatic ring is 1. The molecule has 2 aromatic rings. The standard InChI is InChI=1S/C12H8Cl2FN3O2/c13-7-1-5(15)2-8(14)11(7)18-10-3-6(12(19)20)9(16)4-17-10/h1-4H,16H2,(H,17,18)(H,19,20). The molecule has 5 nitrogen and oxygen atoms in total. The maximum Gasteiger partial charge on any atom is 0.337 e. The van der Waals surface area contributed by atoms with Gasteiger partial charge in [0, 0.05) is 0 Å². The minimum atomic E-state index is -1.19. The predicted octanol–water partition coefficient (Wildman–Crippen LogP) is 3.55. The predicted molar refractivity (Wildman–Crippen MR) is 75.3 cm³/mol. The Labute approximate surface area is 123 Å². The van der Waals surface area contributed by atoms with Crippen LogP contribution in [0, 0.1) is 5.82 Å². The van der Waals surface area contributed by atoms with Gasteiger partial charge in [-0.15, -0.1) is 0 Å².